The quantitative estimate of drug-likeness (QED) is 0.0256. The van der Waals surface area contributed by atoms with Crippen LogP contribution in [0, 0.1) is 68.9 Å². The van der Waals surface area contributed by atoms with Gasteiger partial charge < -0.3 is 56.8 Å². The van der Waals surface area contributed by atoms with Gasteiger partial charge in [-0.3, -0.25) is 58.4 Å². The Morgan fingerprint density at radius 2 is 0.655 bits per heavy atom. The number of ketones is 6. The number of nitrogens with zero attached hydrogens (tertiary/aromatic N) is 6. The average molecular weight is 1940 g/mol. The van der Waals surface area contributed by atoms with Crippen molar-refractivity contribution in [2.45, 2.75) is 121 Å². The highest BCUT2D eigenvalue weighted by Crippen LogP contribution is 2.53. The molecule has 9 aromatic carbocycles. The Labute approximate surface area is 817 Å². The van der Waals surface area contributed by atoms with Gasteiger partial charge in [-0.15, -0.1) is 0 Å². The van der Waals surface area contributed by atoms with Gasteiger partial charge in [0.15, 0.2) is 104 Å². The summed E-state index contributed by atoms with van der Waals surface area (Å²) in [5, 5.41) is 1.89. The van der Waals surface area contributed by atoms with E-state index in [4.69, 9.17) is 56.8 Å². The first-order chi connectivity index (χ1) is 68.9. The number of carbonyl (C=O) groups is 6. The van der Waals surface area contributed by atoms with Crippen LogP contribution in [0.25, 0.3) is 32.7 Å². The summed E-state index contributed by atoms with van der Waals surface area (Å²) in [6.45, 7) is 12.8. The number of carbonyl (C=O) groups excluding carboxylic acids is 6. The SMILES string of the molecule is COc1cc2c(Oc3ccc(CC(=O)C4(C(=O)Cc5ccc(F)cc5)CC4)cc3F)ccnc2cc1OC1CC1CN1CCOCC1.COc1cc2c(Oc3ccc(CC(=O)C4(C(=O)Cc5ccc(F)cc5)CC4)cc3F)ccnc2cc1OC1CCC1CN1CCOCC1.COc1cc2c(Oc3ccc(CC(=O)C4(C(=O)Cc5ccc(F)cc5)CC4)cc3F)ccnc2cc1OCC1CC1N1CCOCC1. The molecule has 3 saturated heterocycles. The van der Waals surface area contributed by atoms with E-state index in [1.165, 1.54) is 72.8 Å². The van der Waals surface area contributed by atoms with E-state index < -0.39 is 33.7 Å². The predicted molar refractivity (Wildman–Crippen MR) is 515 cm³/mol. The number of halogens is 6. The normalized spacial score (nSPS) is 20.1. The lowest BCUT2D eigenvalue weighted by molar-refractivity contribution is -0.135. The summed E-state index contributed by atoms with van der Waals surface area (Å²) in [5.74, 6) is 1.57. The van der Waals surface area contributed by atoms with E-state index in [9.17, 15) is 41.9 Å². The highest BCUT2D eigenvalue weighted by atomic mass is 19.1. The van der Waals surface area contributed by atoms with Crippen molar-refractivity contribution >= 4 is 67.4 Å². The topological polar surface area (TPSA) is 262 Å². The number of benzene rings is 9. The zero-order valence-electron chi connectivity index (χ0n) is 79.2. The lowest BCUT2D eigenvalue weighted by atomic mass is 9.81. The maximum atomic E-state index is 15.4. The van der Waals surface area contributed by atoms with Gasteiger partial charge in [-0.25, -0.2) is 26.3 Å². The molecule has 0 spiro atoms. The molecule has 24 nitrogen and oxygen atoms in total. The third kappa shape index (κ3) is 22.8. The largest absolute Gasteiger partial charge is 0.493 e. The van der Waals surface area contributed by atoms with Crippen LogP contribution in [0.3, 0.4) is 0 Å². The minimum Gasteiger partial charge on any atom is -0.493 e. The summed E-state index contributed by atoms with van der Waals surface area (Å²) < 4.78 is 156. The second kappa shape index (κ2) is 42.9. The molecule has 9 fully saturated rings. The van der Waals surface area contributed by atoms with Crippen LogP contribution in [-0.2, 0) is 81.5 Å². The fourth-order valence-corrected chi connectivity index (χ4v) is 19.4. The predicted octanol–water partition coefficient (Wildman–Crippen LogP) is 18.7. The molecule has 0 N–H and O–H groups in total. The van der Waals surface area contributed by atoms with E-state index in [2.05, 4.69) is 29.7 Å². The van der Waals surface area contributed by atoms with Crippen LogP contribution in [0.5, 0.6) is 69.0 Å². The van der Waals surface area contributed by atoms with Gasteiger partial charge in [0.1, 0.15) is 46.9 Å². The number of hydrogen-bond donors (Lipinski definition) is 0. The van der Waals surface area contributed by atoms with Crippen molar-refractivity contribution in [1.82, 2.24) is 29.7 Å². The fourth-order valence-electron chi connectivity index (χ4n) is 19.4. The molecule has 3 aromatic heterocycles. The van der Waals surface area contributed by atoms with Crippen LogP contribution in [0.2, 0.25) is 0 Å². The second-order valence-corrected chi connectivity index (χ2v) is 38.3. The van der Waals surface area contributed by atoms with Crippen molar-refractivity contribution in [2.24, 2.45) is 34.0 Å². The first-order valence-corrected chi connectivity index (χ1v) is 48.6. The van der Waals surface area contributed by atoms with Crippen LogP contribution in [0.1, 0.15) is 97.6 Å². The van der Waals surface area contributed by atoms with Crippen LogP contribution >= 0.6 is 0 Å². The number of methoxy groups -OCH3 is 3. The molecule has 6 aliphatic carbocycles. The molecule has 142 heavy (non-hydrogen) atoms. The zero-order chi connectivity index (χ0) is 98.3. The molecule has 30 heteroatoms. The number of pyridine rings is 3. The molecular formula is C112H110F6N6O18. The highest BCUT2D eigenvalue weighted by molar-refractivity contribution is 6.13. The van der Waals surface area contributed by atoms with Gasteiger partial charge >= 0.3 is 0 Å². The number of Topliss-reactive ketones (excluding diaryl/α,β-unsaturated/α-hetero) is 6. The minimum atomic E-state index is -1.06. The van der Waals surface area contributed by atoms with Gasteiger partial charge in [-0.1, -0.05) is 54.6 Å². The number of rotatable bonds is 39. The molecule has 6 heterocycles. The Morgan fingerprint density at radius 3 is 0.993 bits per heavy atom. The van der Waals surface area contributed by atoms with Gasteiger partial charge in [0.2, 0.25) is 0 Å². The van der Waals surface area contributed by atoms with Crippen LogP contribution in [0.15, 0.2) is 201 Å². The molecule has 0 bridgehead atoms. The maximum Gasteiger partial charge on any atom is 0.166 e. The van der Waals surface area contributed by atoms with Gasteiger partial charge in [-0.05, 0) is 207 Å². The van der Waals surface area contributed by atoms with E-state index in [-0.39, 0.29) is 120 Å². The molecule has 738 valence electrons. The monoisotopic (exact) mass is 1940 g/mol. The lowest BCUT2D eigenvalue weighted by Crippen LogP contribution is -2.47. The van der Waals surface area contributed by atoms with E-state index in [1.54, 1.807) is 131 Å². The molecule has 0 radical (unpaired) electrons. The summed E-state index contributed by atoms with van der Waals surface area (Å²) in [6, 6.07) is 46.6. The van der Waals surface area contributed by atoms with Crippen LogP contribution in [0.4, 0.5) is 26.3 Å². The number of aromatic nitrogens is 3. The van der Waals surface area contributed by atoms with Gasteiger partial charge in [-0.2, -0.15) is 0 Å². The van der Waals surface area contributed by atoms with Gasteiger partial charge in [0, 0.05) is 168 Å². The summed E-state index contributed by atoms with van der Waals surface area (Å²) in [7, 11) is 4.73. The van der Waals surface area contributed by atoms with Crippen molar-refractivity contribution in [3.63, 3.8) is 0 Å². The Kier molecular flexibility index (Phi) is 29.5. The molecule has 0 amide bonds. The maximum absolute atomic E-state index is 15.4. The molecule has 12 aromatic rings. The van der Waals surface area contributed by atoms with Crippen molar-refractivity contribution in [2.75, 3.05) is 120 Å². The van der Waals surface area contributed by atoms with E-state index in [0.717, 1.165) is 118 Å². The van der Waals surface area contributed by atoms with Crippen molar-refractivity contribution < 1.29 is 112 Å². The van der Waals surface area contributed by atoms with Gasteiger partial charge in [0.25, 0.3) is 0 Å². The molecule has 6 unspecified atom stereocenters. The smallest absolute Gasteiger partial charge is 0.166 e. The van der Waals surface area contributed by atoms with Gasteiger partial charge in [0.05, 0.1) is 100 Å². The number of fused-ring (bicyclic) bond motifs is 3. The number of ether oxygens (including phenoxy) is 12. The Morgan fingerprint density at radius 1 is 0.331 bits per heavy atom. The fraction of sp³-hybridized carbons (Fsp3) is 0.384. The highest BCUT2D eigenvalue weighted by Gasteiger charge is 2.57. The van der Waals surface area contributed by atoms with Crippen LogP contribution < -0.4 is 42.6 Å². The molecule has 9 aliphatic rings. The molecule has 6 atom stereocenters. The number of morpholine rings is 3. The van der Waals surface area contributed by atoms with E-state index in [0.29, 0.717) is 187 Å². The third-order valence-electron chi connectivity index (χ3n) is 28.8. The summed E-state index contributed by atoms with van der Waals surface area (Å²) in [6.07, 6.45) is 11.9. The molecular weight excluding hydrogens is 1830 g/mol. The first-order valence-electron chi connectivity index (χ1n) is 48.6. The molecule has 3 aliphatic heterocycles. The van der Waals surface area contributed by atoms with Crippen molar-refractivity contribution in [3.05, 3.63) is 269 Å². The number of hydrogen-bond acceptors (Lipinski definition) is 24. The summed E-state index contributed by atoms with van der Waals surface area (Å²) in [5.41, 5.74) is 2.02. The Hall–Kier alpha value is -13.2. The van der Waals surface area contributed by atoms with E-state index in [1.807, 2.05) is 18.2 Å². The average Bonchev–Trinajstić information content (AvgIpc) is 1.63. The Bertz CT molecular complexity index is 6690. The Balaban J connectivity index is 0.000000135. The zero-order valence-corrected chi connectivity index (χ0v) is 79.2. The third-order valence-corrected chi connectivity index (χ3v) is 28.8. The second-order valence-electron chi connectivity index (χ2n) is 38.3. The van der Waals surface area contributed by atoms with E-state index >= 15 is 13.2 Å². The first kappa shape index (κ1) is 97.6. The summed E-state index contributed by atoms with van der Waals surface area (Å²) in [4.78, 5) is 99.5. The molecule has 6 saturated carbocycles. The molecule has 21 rings (SSSR count). The van der Waals surface area contributed by atoms with Crippen molar-refractivity contribution in [3.8, 4) is 69.0 Å². The minimum absolute atomic E-state index is 0.00747. The van der Waals surface area contributed by atoms with Crippen molar-refractivity contribution in [1.29, 1.82) is 0 Å². The standard InChI is InChI=1S/C38H38F2N2O6.2C37H36F2N2O6/c1-45-34-21-28-30(22-35(34)47-31-9-5-26(31)23-42-14-16-46-17-15-42)41-13-10-32(28)48-33-8-4-25(18-29(33)40)20-37(44)38(11-12-38)36(43)19-24-2-6-27(39)7-3-24;1-44-33-20-27-29(21-34(33)46-22-25-19-30(25)41-12-14-45-15-13-41)40-11-8-31(27)47-32-7-4-24(16-28(32)39)18-36(43)37(9-10-37)35(42)17-23-2-5-26(38)6-3-23;1-44-33-20-27-29(21-34(33)47-32-19-25(32)22-41-12-14-45-15-13-41)40-11-8-30(27)46-31-7-4-24(16-28(31)39)18-36(43)37(9-10-37)35(42)17-23-2-5-26(38)6-3-23/h2-4,6-8,10,13,18,21-22,26,31H,5,9,11-12,14-17,19-20,23H2,1H3;2-8,11,16,20-21,25,30H,9-10,12-15,17-19,22H2,1H3;2-8,11,16,20-21,25,32H,9-10,12-15,17-19,22H2,1H3. The summed E-state index contributed by atoms with van der Waals surface area (Å²) >= 11 is 0. The lowest BCUT2D eigenvalue weighted by Gasteiger charge is -2.40. The van der Waals surface area contributed by atoms with Crippen LogP contribution in [-0.4, -0.2) is 203 Å².